The van der Waals surface area contributed by atoms with Gasteiger partial charge in [-0.25, -0.2) is 5.43 Å². The highest BCUT2D eigenvalue weighted by Gasteiger charge is 2.18. The number of hydrogen-bond donors (Lipinski definition) is 2. The van der Waals surface area contributed by atoms with Crippen LogP contribution in [0.5, 0.6) is 0 Å². The molecule has 0 aliphatic carbocycles. The van der Waals surface area contributed by atoms with Crippen molar-refractivity contribution < 1.29 is 4.42 Å². The lowest BCUT2D eigenvalue weighted by atomic mass is 9.96. The zero-order valence-corrected chi connectivity index (χ0v) is 10.6. The predicted octanol–water partition coefficient (Wildman–Crippen LogP) is 2.69. The fourth-order valence-electron chi connectivity index (χ4n) is 2.42. The van der Waals surface area contributed by atoms with Gasteiger partial charge in [-0.15, -0.1) is 0 Å². The average molecular weight is 253 g/mol. The number of nitrogens with two attached hydrogens (primary N) is 1. The number of hydrazine groups is 1. The maximum Gasteiger partial charge on any atom is 0.105 e. The van der Waals surface area contributed by atoms with Crippen molar-refractivity contribution in [3.05, 3.63) is 65.7 Å². The summed E-state index contributed by atoms with van der Waals surface area (Å²) in [5, 5.41) is 1.09. The molecule has 1 unspecified atom stereocenters. The van der Waals surface area contributed by atoms with E-state index in [0.29, 0.717) is 0 Å². The van der Waals surface area contributed by atoms with Gasteiger partial charge in [0.2, 0.25) is 0 Å². The van der Waals surface area contributed by atoms with E-state index in [0.717, 1.165) is 27.8 Å². The van der Waals surface area contributed by atoms with Crippen molar-refractivity contribution in [2.45, 2.75) is 13.0 Å². The molecule has 96 valence electrons. The van der Waals surface area contributed by atoms with E-state index >= 15 is 0 Å². The monoisotopic (exact) mass is 253 g/mol. The summed E-state index contributed by atoms with van der Waals surface area (Å²) in [5.74, 6) is 6.61. The second-order valence-electron chi connectivity index (χ2n) is 4.45. The lowest BCUT2D eigenvalue weighted by Crippen LogP contribution is -2.29. The average Bonchev–Trinajstić information content (AvgIpc) is 2.86. The van der Waals surface area contributed by atoms with E-state index in [-0.39, 0.29) is 6.04 Å². The van der Waals surface area contributed by atoms with Gasteiger partial charge in [-0.1, -0.05) is 18.2 Å². The van der Waals surface area contributed by atoms with Crippen LogP contribution in [0.15, 0.2) is 53.3 Å². The van der Waals surface area contributed by atoms with Crippen LogP contribution in [0, 0.1) is 6.92 Å². The molecule has 0 amide bonds. The number of furan rings is 1. The van der Waals surface area contributed by atoms with Gasteiger partial charge in [0.15, 0.2) is 0 Å². The predicted molar refractivity (Wildman–Crippen MR) is 74.4 cm³/mol. The minimum atomic E-state index is -0.105. The maximum atomic E-state index is 5.74. The third-order valence-corrected chi connectivity index (χ3v) is 3.37. The van der Waals surface area contributed by atoms with Gasteiger partial charge < -0.3 is 4.42 Å². The van der Waals surface area contributed by atoms with Crippen LogP contribution in [-0.2, 0) is 0 Å². The maximum absolute atomic E-state index is 5.74. The molecule has 4 nitrogen and oxygen atoms in total. The Morgan fingerprint density at radius 2 is 2.05 bits per heavy atom. The molecule has 0 bridgehead atoms. The van der Waals surface area contributed by atoms with Crippen molar-refractivity contribution >= 4 is 10.9 Å². The number of aryl methyl sites for hydroxylation is 1. The molecule has 4 heteroatoms. The van der Waals surface area contributed by atoms with E-state index in [1.54, 1.807) is 12.5 Å². The van der Waals surface area contributed by atoms with Gasteiger partial charge in [-0.05, 0) is 30.7 Å². The molecule has 0 aliphatic rings. The molecule has 0 saturated heterocycles. The van der Waals surface area contributed by atoms with Gasteiger partial charge in [0, 0.05) is 17.1 Å². The molecule has 0 radical (unpaired) electrons. The van der Waals surface area contributed by atoms with Crippen molar-refractivity contribution in [3.63, 3.8) is 0 Å². The van der Waals surface area contributed by atoms with Crippen molar-refractivity contribution in [1.82, 2.24) is 10.4 Å². The smallest absolute Gasteiger partial charge is 0.105 e. The largest absolute Gasteiger partial charge is 0.469 e. The summed E-state index contributed by atoms with van der Waals surface area (Å²) in [4.78, 5) is 4.37. The number of nitrogens with zero attached hydrogens (tertiary/aromatic N) is 1. The first-order valence-corrected chi connectivity index (χ1v) is 6.15. The van der Waals surface area contributed by atoms with Crippen LogP contribution in [0.1, 0.15) is 22.9 Å². The summed E-state index contributed by atoms with van der Waals surface area (Å²) in [5.41, 5.74) is 5.96. The van der Waals surface area contributed by atoms with E-state index in [9.17, 15) is 0 Å². The normalized spacial score (nSPS) is 12.7. The summed E-state index contributed by atoms with van der Waals surface area (Å²) >= 11 is 0. The molecule has 0 fully saturated rings. The van der Waals surface area contributed by atoms with Gasteiger partial charge >= 0.3 is 0 Å². The first-order chi connectivity index (χ1) is 9.31. The van der Waals surface area contributed by atoms with E-state index in [2.05, 4.69) is 22.5 Å². The van der Waals surface area contributed by atoms with E-state index in [4.69, 9.17) is 10.3 Å². The van der Waals surface area contributed by atoms with Crippen LogP contribution < -0.4 is 11.3 Å². The van der Waals surface area contributed by atoms with Gasteiger partial charge in [-0.2, -0.15) is 0 Å². The molecule has 0 aliphatic heterocycles. The minimum Gasteiger partial charge on any atom is -0.469 e. The Morgan fingerprint density at radius 1 is 1.16 bits per heavy atom. The zero-order chi connectivity index (χ0) is 13.2. The number of pyridine rings is 1. The minimum absolute atomic E-state index is 0.105. The van der Waals surface area contributed by atoms with Crippen molar-refractivity contribution in [2.24, 2.45) is 5.84 Å². The number of nitrogens with one attached hydrogen (secondary N) is 1. The summed E-state index contributed by atoms with van der Waals surface area (Å²) in [6, 6.07) is 11.9. The highest BCUT2D eigenvalue weighted by Crippen LogP contribution is 2.29. The quantitative estimate of drug-likeness (QED) is 0.556. The van der Waals surface area contributed by atoms with Crippen LogP contribution in [0.25, 0.3) is 10.9 Å². The van der Waals surface area contributed by atoms with Gasteiger partial charge in [0.1, 0.15) is 5.76 Å². The number of aromatic nitrogens is 1. The van der Waals surface area contributed by atoms with Gasteiger partial charge in [0.05, 0.1) is 17.8 Å². The second kappa shape index (κ2) is 4.84. The summed E-state index contributed by atoms with van der Waals surface area (Å²) in [7, 11) is 0. The lowest BCUT2D eigenvalue weighted by Gasteiger charge is -2.17. The van der Waals surface area contributed by atoms with Crippen LogP contribution in [-0.4, -0.2) is 4.98 Å². The summed E-state index contributed by atoms with van der Waals surface area (Å²) < 4.78 is 5.37. The van der Waals surface area contributed by atoms with Crippen LogP contribution >= 0.6 is 0 Å². The topological polar surface area (TPSA) is 64.1 Å². The molecule has 19 heavy (non-hydrogen) atoms. The summed E-state index contributed by atoms with van der Waals surface area (Å²) in [6.07, 6.45) is 3.47. The Morgan fingerprint density at radius 3 is 2.79 bits per heavy atom. The number of benzene rings is 1. The Hall–Kier alpha value is -2.17. The molecular weight excluding hydrogens is 238 g/mol. The molecule has 1 atom stereocenters. The molecule has 2 aromatic heterocycles. The van der Waals surface area contributed by atoms with Crippen molar-refractivity contribution in [1.29, 1.82) is 0 Å². The Labute approximate surface area is 111 Å². The first-order valence-electron chi connectivity index (χ1n) is 6.15. The fourth-order valence-corrected chi connectivity index (χ4v) is 2.42. The van der Waals surface area contributed by atoms with E-state index in [1.165, 1.54) is 0 Å². The molecular formula is C15H15N3O. The van der Waals surface area contributed by atoms with E-state index < -0.39 is 0 Å². The molecule has 2 heterocycles. The third kappa shape index (κ3) is 2.01. The fraction of sp³-hybridized carbons (Fsp3) is 0.133. The highest BCUT2D eigenvalue weighted by molar-refractivity contribution is 5.83. The SMILES string of the molecule is Cc1occc1C(NN)c1cccc2ncccc12. The molecule has 3 aromatic rings. The van der Waals surface area contributed by atoms with Crippen LogP contribution in [0.3, 0.4) is 0 Å². The van der Waals surface area contributed by atoms with Gasteiger partial charge in [-0.3, -0.25) is 10.8 Å². The Balaban J connectivity index is 2.20. The molecule has 3 N–H and O–H groups in total. The number of rotatable bonds is 3. The number of fused-ring (bicyclic) bond motifs is 1. The van der Waals surface area contributed by atoms with Crippen molar-refractivity contribution in [2.75, 3.05) is 0 Å². The number of hydrogen-bond acceptors (Lipinski definition) is 4. The Bertz CT molecular complexity index is 700. The standard InChI is InChI=1S/C15H15N3O/c1-10-11(7-9-19-10)15(18-16)13-4-2-6-14-12(13)5-3-8-17-14/h2-9,15,18H,16H2,1H3. The summed E-state index contributed by atoms with van der Waals surface area (Å²) in [6.45, 7) is 1.93. The molecule has 0 saturated carbocycles. The Kier molecular flexibility index (Phi) is 3.03. The van der Waals surface area contributed by atoms with Gasteiger partial charge in [0.25, 0.3) is 0 Å². The highest BCUT2D eigenvalue weighted by atomic mass is 16.3. The molecule has 0 spiro atoms. The van der Waals surface area contributed by atoms with Crippen LogP contribution in [0.4, 0.5) is 0 Å². The van der Waals surface area contributed by atoms with E-state index in [1.807, 2.05) is 31.2 Å². The lowest BCUT2D eigenvalue weighted by molar-refractivity contribution is 0.520. The molecule has 1 aromatic carbocycles. The third-order valence-electron chi connectivity index (χ3n) is 3.37. The second-order valence-corrected chi connectivity index (χ2v) is 4.45. The van der Waals surface area contributed by atoms with Crippen LogP contribution in [0.2, 0.25) is 0 Å². The van der Waals surface area contributed by atoms with Crippen molar-refractivity contribution in [3.8, 4) is 0 Å². The molecule has 3 rings (SSSR count). The zero-order valence-electron chi connectivity index (χ0n) is 10.6. The first kappa shape index (κ1) is 11.9.